The van der Waals surface area contributed by atoms with Gasteiger partial charge in [0, 0.05) is 17.1 Å². The molecule has 1 nitrogen and oxygen atoms in total. The normalized spacial score (nSPS) is 11.8. The average molecular weight is 272 g/mol. The standard InChI is InChI=1S/C15H23ClFN/c1-10(2)14(11(3)4)9-18-8-12-7-13(16)5-6-15(12)17/h5-7,10-11,14,18H,8-9H2,1-4H3. The highest BCUT2D eigenvalue weighted by atomic mass is 35.5. The quantitative estimate of drug-likeness (QED) is 0.803. The van der Waals surface area contributed by atoms with Gasteiger partial charge in [0.15, 0.2) is 0 Å². The maximum Gasteiger partial charge on any atom is 0.127 e. The van der Waals surface area contributed by atoms with Gasteiger partial charge in [-0.2, -0.15) is 0 Å². The molecule has 18 heavy (non-hydrogen) atoms. The number of rotatable bonds is 6. The molecule has 0 unspecified atom stereocenters. The van der Waals surface area contributed by atoms with E-state index in [-0.39, 0.29) is 5.82 Å². The molecule has 1 N–H and O–H groups in total. The highest BCUT2D eigenvalue weighted by molar-refractivity contribution is 6.30. The Labute approximate surface area is 115 Å². The van der Waals surface area contributed by atoms with E-state index in [1.54, 1.807) is 12.1 Å². The van der Waals surface area contributed by atoms with Crippen molar-refractivity contribution >= 4 is 11.6 Å². The summed E-state index contributed by atoms with van der Waals surface area (Å²) in [6, 6.07) is 4.68. The fourth-order valence-corrected chi connectivity index (χ4v) is 2.49. The lowest BCUT2D eigenvalue weighted by Crippen LogP contribution is -2.29. The molecule has 1 aromatic rings. The molecule has 0 atom stereocenters. The first-order valence-electron chi connectivity index (χ1n) is 6.56. The SMILES string of the molecule is CC(C)C(CNCc1cc(Cl)ccc1F)C(C)C. The van der Waals surface area contributed by atoms with Gasteiger partial charge in [0.25, 0.3) is 0 Å². The third kappa shape index (κ3) is 4.58. The highest BCUT2D eigenvalue weighted by Gasteiger charge is 2.16. The van der Waals surface area contributed by atoms with Crippen molar-refractivity contribution in [3.8, 4) is 0 Å². The zero-order valence-electron chi connectivity index (χ0n) is 11.6. The van der Waals surface area contributed by atoms with Crippen LogP contribution in [0.15, 0.2) is 18.2 Å². The zero-order valence-corrected chi connectivity index (χ0v) is 12.4. The molecule has 102 valence electrons. The van der Waals surface area contributed by atoms with E-state index in [1.165, 1.54) is 6.07 Å². The maximum atomic E-state index is 13.5. The number of hydrogen-bond donors (Lipinski definition) is 1. The van der Waals surface area contributed by atoms with Gasteiger partial charge in [0.2, 0.25) is 0 Å². The van der Waals surface area contributed by atoms with E-state index in [9.17, 15) is 4.39 Å². The Balaban J connectivity index is 2.52. The van der Waals surface area contributed by atoms with Crippen molar-refractivity contribution in [3.63, 3.8) is 0 Å². The third-order valence-corrected chi connectivity index (χ3v) is 3.65. The Hall–Kier alpha value is -0.600. The van der Waals surface area contributed by atoms with Crippen molar-refractivity contribution in [2.24, 2.45) is 17.8 Å². The van der Waals surface area contributed by atoms with Crippen LogP contribution in [0.4, 0.5) is 4.39 Å². The lowest BCUT2D eigenvalue weighted by atomic mass is 9.85. The summed E-state index contributed by atoms with van der Waals surface area (Å²) in [6.07, 6.45) is 0. The molecule has 0 spiro atoms. The molecule has 0 aromatic heterocycles. The van der Waals surface area contributed by atoms with E-state index in [0.29, 0.717) is 34.9 Å². The first-order chi connectivity index (χ1) is 8.41. The molecule has 0 aliphatic rings. The van der Waals surface area contributed by atoms with Gasteiger partial charge in [-0.1, -0.05) is 39.3 Å². The summed E-state index contributed by atoms with van der Waals surface area (Å²) >= 11 is 5.86. The van der Waals surface area contributed by atoms with Gasteiger partial charge >= 0.3 is 0 Å². The van der Waals surface area contributed by atoms with Gasteiger partial charge in [-0.15, -0.1) is 0 Å². The Kier molecular flexibility index (Phi) is 6.10. The van der Waals surface area contributed by atoms with E-state index in [0.717, 1.165) is 6.54 Å². The van der Waals surface area contributed by atoms with Crippen LogP contribution < -0.4 is 5.32 Å². The second kappa shape index (κ2) is 7.10. The van der Waals surface area contributed by atoms with Crippen molar-refractivity contribution in [1.82, 2.24) is 5.32 Å². The summed E-state index contributed by atoms with van der Waals surface area (Å²) in [7, 11) is 0. The van der Waals surface area contributed by atoms with E-state index in [4.69, 9.17) is 11.6 Å². The van der Waals surface area contributed by atoms with E-state index < -0.39 is 0 Å². The fraction of sp³-hybridized carbons (Fsp3) is 0.600. The van der Waals surface area contributed by atoms with Crippen LogP contribution in [-0.2, 0) is 6.54 Å². The number of hydrogen-bond acceptors (Lipinski definition) is 1. The van der Waals surface area contributed by atoms with Crippen molar-refractivity contribution < 1.29 is 4.39 Å². The van der Waals surface area contributed by atoms with Gasteiger partial charge in [0.05, 0.1) is 0 Å². The molecule has 0 radical (unpaired) electrons. The number of nitrogens with one attached hydrogen (secondary N) is 1. The highest BCUT2D eigenvalue weighted by Crippen LogP contribution is 2.20. The van der Waals surface area contributed by atoms with Crippen LogP contribution in [0.3, 0.4) is 0 Å². The van der Waals surface area contributed by atoms with Crippen LogP contribution in [-0.4, -0.2) is 6.54 Å². The molecule has 3 heteroatoms. The predicted molar refractivity (Wildman–Crippen MR) is 76.3 cm³/mol. The topological polar surface area (TPSA) is 12.0 Å². The zero-order chi connectivity index (χ0) is 13.7. The molecule has 1 aromatic carbocycles. The fourth-order valence-electron chi connectivity index (χ4n) is 2.29. The van der Waals surface area contributed by atoms with Crippen LogP contribution >= 0.6 is 11.6 Å². The molecule has 0 saturated carbocycles. The molecular formula is C15H23ClFN. The second-order valence-electron chi connectivity index (χ2n) is 5.52. The van der Waals surface area contributed by atoms with E-state index in [2.05, 4.69) is 33.0 Å². The summed E-state index contributed by atoms with van der Waals surface area (Å²) in [5.74, 6) is 1.66. The molecule has 1 rings (SSSR count). The van der Waals surface area contributed by atoms with Crippen LogP contribution in [0.2, 0.25) is 5.02 Å². The van der Waals surface area contributed by atoms with Gasteiger partial charge in [-0.05, 0) is 42.5 Å². The van der Waals surface area contributed by atoms with E-state index >= 15 is 0 Å². The first-order valence-corrected chi connectivity index (χ1v) is 6.94. The summed E-state index contributed by atoms with van der Waals surface area (Å²) in [5.41, 5.74) is 0.633. The second-order valence-corrected chi connectivity index (χ2v) is 5.95. The van der Waals surface area contributed by atoms with Crippen molar-refractivity contribution in [2.45, 2.75) is 34.2 Å². The van der Waals surface area contributed by atoms with Crippen molar-refractivity contribution in [3.05, 3.63) is 34.6 Å². The summed E-state index contributed by atoms with van der Waals surface area (Å²) in [5, 5.41) is 3.91. The predicted octanol–water partition coefficient (Wildman–Crippen LogP) is 4.50. The summed E-state index contributed by atoms with van der Waals surface area (Å²) < 4.78 is 13.5. The molecule has 0 aliphatic heterocycles. The minimum absolute atomic E-state index is 0.197. The van der Waals surface area contributed by atoms with Crippen LogP contribution in [0.1, 0.15) is 33.3 Å². The lowest BCUT2D eigenvalue weighted by Gasteiger charge is -2.25. The monoisotopic (exact) mass is 271 g/mol. The first kappa shape index (κ1) is 15.5. The summed E-state index contributed by atoms with van der Waals surface area (Å²) in [6.45, 7) is 10.3. The lowest BCUT2D eigenvalue weighted by molar-refractivity contribution is 0.275. The van der Waals surface area contributed by atoms with Crippen LogP contribution in [0.5, 0.6) is 0 Å². The van der Waals surface area contributed by atoms with Crippen molar-refractivity contribution in [1.29, 1.82) is 0 Å². The largest absolute Gasteiger partial charge is 0.312 e. The minimum atomic E-state index is -0.197. The molecule has 0 fully saturated rings. The molecular weight excluding hydrogens is 249 g/mol. The van der Waals surface area contributed by atoms with E-state index in [1.807, 2.05) is 0 Å². The Morgan fingerprint density at radius 3 is 2.33 bits per heavy atom. The van der Waals surface area contributed by atoms with Crippen LogP contribution in [0.25, 0.3) is 0 Å². The minimum Gasteiger partial charge on any atom is -0.312 e. The Morgan fingerprint density at radius 2 is 1.78 bits per heavy atom. The third-order valence-electron chi connectivity index (χ3n) is 3.42. The average Bonchev–Trinajstić information content (AvgIpc) is 2.27. The van der Waals surface area contributed by atoms with Crippen molar-refractivity contribution in [2.75, 3.05) is 6.54 Å². The Bertz CT molecular complexity index is 369. The smallest absolute Gasteiger partial charge is 0.127 e. The molecule has 0 heterocycles. The molecule has 0 amide bonds. The van der Waals surface area contributed by atoms with Crippen LogP contribution in [0, 0.1) is 23.6 Å². The van der Waals surface area contributed by atoms with Gasteiger partial charge in [-0.25, -0.2) is 4.39 Å². The molecule has 0 bridgehead atoms. The van der Waals surface area contributed by atoms with Gasteiger partial charge in [0.1, 0.15) is 5.82 Å². The Morgan fingerprint density at radius 1 is 1.17 bits per heavy atom. The number of halogens is 2. The molecule has 0 aliphatic carbocycles. The number of benzene rings is 1. The summed E-state index contributed by atoms with van der Waals surface area (Å²) in [4.78, 5) is 0. The maximum absolute atomic E-state index is 13.5. The van der Waals surface area contributed by atoms with Gasteiger partial charge in [-0.3, -0.25) is 0 Å². The molecule has 0 saturated heterocycles. The van der Waals surface area contributed by atoms with Gasteiger partial charge < -0.3 is 5.32 Å².